The highest BCUT2D eigenvalue weighted by atomic mass is 16.4. The quantitative estimate of drug-likeness (QED) is 0.920. The summed E-state index contributed by atoms with van der Waals surface area (Å²) < 4.78 is 1.64. The summed E-state index contributed by atoms with van der Waals surface area (Å²) >= 11 is 0. The van der Waals surface area contributed by atoms with E-state index in [-0.39, 0.29) is 6.42 Å². The maximum absolute atomic E-state index is 10.8. The van der Waals surface area contributed by atoms with Gasteiger partial charge in [-0.1, -0.05) is 6.07 Å². The zero-order chi connectivity index (χ0) is 14.2. The van der Waals surface area contributed by atoms with Crippen LogP contribution in [0.15, 0.2) is 18.2 Å². The van der Waals surface area contributed by atoms with Crippen LogP contribution in [0, 0.1) is 20.8 Å². The molecule has 0 aliphatic rings. The van der Waals surface area contributed by atoms with Crippen LogP contribution in [-0.4, -0.2) is 20.9 Å². The van der Waals surface area contributed by atoms with Gasteiger partial charge in [0.25, 0.3) is 0 Å². The first-order valence-corrected chi connectivity index (χ1v) is 6.21. The van der Waals surface area contributed by atoms with Crippen LogP contribution in [0.5, 0.6) is 0 Å². The Morgan fingerprint density at radius 1 is 1.16 bits per heavy atom. The number of nitrogens with zero attached hydrogens (tertiary/aromatic N) is 2. The van der Waals surface area contributed by atoms with Gasteiger partial charge in [-0.3, -0.25) is 9.48 Å². The fourth-order valence-corrected chi connectivity index (χ4v) is 2.19. The van der Waals surface area contributed by atoms with Crippen molar-refractivity contribution in [2.45, 2.75) is 27.2 Å². The summed E-state index contributed by atoms with van der Waals surface area (Å²) in [6.45, 7) is 6.20. The summed E-state index contributed by atoms with van der Waals surface area (Å²) in [5.74, 6) is -0.841. The molecule has 1 aromatic carbocycles. The summed E-state index contributed by atoms with van der Waals surface area (Å²) in [5.41, 5.74) is 6.23. The maximum atomic E-state index is 10.8. The second-order valence-corrected chi connectivity index (χ2v) is 4.97. The van der Waals surface area contributed by atoms with Gasteiger partial charge in [0.15, 0.2) is 0 Å². The minimum Gasteiger partial charge on any atom is -0.481 e. The largest absolute Gasteiger partial charge is 0.481 e. The van der Waals surface area contributed by atoms with Crippen molar-refractivity contribution in [2.24, 2.45) is 7.05 Å². The average Bonchev–Trinajstić information content (AvgIpc) is 2.64. The monoisotopic (exact) mass is 258 g/mol. The third kappa shape index (κ3) is 2.67. The molecule has 4 nitrogen and oxygen atoms in total. The van der Waals surface area contributed by atoms with E-state index in [1.165, 1.54) is 11.1 Å². The van der Waals surface area contributed by atoms with Gasteiger partial charge in [0.2, 0.25) is 0 Å². The van der Waals surface area contributed by atoms with Crippen molar-refractivity contribution in [2.75, 3.05) is 0 Å². The van der Waals surface area contributed by atoms with Gasteiger partial charge in [-0.2, -0.15) is 5.10 Å². The molecule has 0 amide bonds. The molecular formula is C15H18N2O2. The Hall–Kier alpha value is -2.10. The molecule has 2 aromatic rings. The van der Waals surface area contributed by atoms with Crippen molar-refractivity contribution in [3.8, 4) is 11.3 Å². The summed E-state index contributed by atoms with van der Waals surface area (Å²) in [5, 5.41) is 13.3. The van der Waals surface area contributed by atoms with Gasteiger partial charge < -0.3 is 5.11 Å². The first-order valence-electron chi connectivity index (χ1n) is 6.21. The number of rotatable bonds is 3. The minimum absolute atomic E-state index is 0.00656. The number of carboxylic acid groups (broad SMARTS) is 1. The molecule has 0 radical (unpaired) electrons. The number of carbonyl (C=O) groups is 1. The molecule has 100 valence electrons. The highest BCUT2D eigenvalue weighted by molar-refractivity contribution is 5.71. The Balaban J connectivity index is 2.48. The van der Waals surface area contributed by atoms with Gasteiger partial charge >= 0.3 is 5.97 Å². The fourth-order valence-electron chi connectivity index (χ4n) is 2.19. The predicted octanol–water partition coefficient (Wildman–Crippen LogP) is 2.64. The molecular weight excluding hydrogens is 240 g/mol. The predicted molar refractivity (Wildman–Crippen MR) is 74.2 cm³/mol. The van der Waals surface area contributed by atoms with Gasteiger partial charge in [0.1, 0.15) is 0 Å². The maximum Gasteiger partial charge on any atom is 0.309 e. The second-order valence-electron chi connectivity index (χ2n) is 4.97. The summed E-state index contributed by atoms with van der Waals surface area (Å²) in [7, 11) is 1.78. The molecule has 4 heteroatoms. The Kier molecular flexibility index (Phi) is 3.42. The molecule has 1 aromatic heterocycles. The number of hydrogen-bond donors (Lipinski definition) is 1. The average molecular weight is 258 g/mol. The molecule has 0 aliphatic heterocycles. The van der Waals surface area contributed by atoms with E-state index in [2.05, 4.69) is 31.1 Å². The van der Waals surface area contributed by atoms with Crippen LogP contribution >= 0.6 is 0 Å². The van der Waals surface area contributed by atoms with E-state index in [4.69, 9.17) is 5.11 Å². The minimum atomic E-state index is -0.841. The van der Waals surface area contributed by atoms with E-state index in [1.54, 1.807) is 11.7 Å². The number of carboxylic acids is 1. The molecule has 0 fully saturated rings. The smallest absolute Gasteiger partial charge is 0.309 e. The second kappa shape index (κ2) is 4.88. The SMILES string of the molecule is Cc1cc(C)c(-c2cc(CC(=O)O)n(C)n2)cc1C. The lowest BCUT2D eigenvalue weighted by Gasteiger charge is -2.07. The van der Waals surface area contributed by atoms with Crippen molar-refractivity contribution in [3.05, 3.63) is 40.6 Å². The third-order valence-corrected chi connectivity index (χ3v) is 3.43. The fraction of sp³-hybridized carbons (Fsp3) is 0.333. The van der Waals surface area contributed by atoms with Crippen molar-refractivity contribution < 1.29 is 9.90 Å². The van der Waals surface area contributed by atoms with E-state index < -0.39 is 5.97 Å². The Bertz CT molecular complexity index is 642. The Morgan fingerprint density at radius 3 is 2.42 bits per heavy atom. The molecule has 0 spiro atoms. The van der Waals surface area contributed by atoms with Crippen LogP contribution in [0.2, 0.25) is 0 Å². The lowest BCUT2D eigenvalue weighted by atomic mass is 9.98. The molecule has 0 bridgehead atoms. The highest BCUT2D eigenvalue weighted by Gasteiger charge is 2.12. The van der Waals surface area contributed by atoms with Gasteiger partial charge in [0.05, 0.1) is 12.1 Å². The van der Waals surface area contributed by atoms with E-state index >= 15 is 0 Å². The number of aliphatic carboxylic acids is 1. The molecule has 2 rings (SSSR count). The third-order valence-electron chi connectivity index (χ3n) is 3.43. The zero-order valence-electron chi connectivity index (χ0n) is 11.7. The van der Waals surface area contributed by atoms with E-state index in [1.807, 2.05) is 13.0 Å². The van der Waals surface area contributed by atoms with Gasteiger partial charge in [-0.25, -0.2) is 0 Å². The van der Waals surface area contributed by atoms with Gasteiger partial charge in [0, 0.05) is 18.3 Å². The van der Waals surface area contributed by atoms with Crippen LogP contribution < -0.4 is 0 Å². The summed E-state index contributed by atoms with van der Waals surface area (Å²) in [4.78, 5) is 10.8. The molecule has 0 atom stereocenters. The summed E-state index contributed by atoms with van der Waals surface area (Å²) in [6.07, 6.45) is -0.00656. The Morgan fingerprint density at radius 2 is 1.79 bits per heavy atom. The van der Waals surface area contributed by atoms with Gasteiger partial charge in [-0.05, 0) is 49.6 Å². The van der Waals surface area contributed by atoms with E-state index in [9.17, 15) is 4.79 Å². The Labute approximate surface area is 112 Å². The molecule has 1 heterocycles. The van der Waals surface area contributed by atoms with Crippen LogP contribution in [-0.2, 0) is 18.3 Å². The van der Waals surface area contributed by atoms with Gasteiger partial charge in [-0.15, -0.1) is 0 Å². The molecule has 19 heavy (non-hydrogen) atoms. The molecule has 0 saturated heterocycles. The first-order chi connectivity index (χ1) is 8.88. The van der Waals surface area contributed by atoms with Crippen LogP contribution in [0.4, 0.5) is 0 Å². The van der Waals surface area contributed by atoms with Crippen molar-refractivity contribution in [1.82, 2.24) is 9.78 Å². The zero-order valence-corrected chi connectivity index (χ0v) is 11.7. The number of benzene rings is 1. The van der Waals surface area contributed by atoms with Crippen LogP contribution in [0.25, 0.3) is 11.3 Å². The molecule has 1 N–H and O–H groups in total. The standard InChI is InChI=1S/C15H18N2O2/c1-9-5-11(3)13(6-10(9)2)14-7-12(8-15(18)19)17(4)16-14/h5-7H,8H2,1-4H3,(H,18,19). The van der Waals surface area contributed by atoms with Crippen molar-refractivity contribution >= 4 is 5.97 Å². The summed E-state index contributed by atoms with van der Waals surface area (Å²) in [6, 6.07) is 6.10. The molecule has 0 unspecified atom stereocenters. The van der Waals surface area contributed by atoms with E-state index in [0.717, 1.165) is 16.8 Å². The normalized spacial score (nSPS) is 10.7. The van der Waals surface area contributed by atoms with Crippen molar-refractivity contribution in [1.29, 1.82) is 0 Å². The number of aromatic nitrogens is 2. The highest BCUT2D eigenvalue weighted by Crippen LogP contribution is 2.26. The molecule has 0 aliphatic carbocycles. The van der Waals surface area contributed by atoms with Crippen LogP contribution in [0.3, 0.4) is 0 Å². The van der Waals surface area contributed by atoms with Crippen LogP contribution in [0.1, 0.15) is 22.4 Å². The topological polar surface area (TPSA) is 55.1 Å². The lowest BCUT2D eigenvalue weighted by Crippen LogP contribution is -2.05. The molecule has 0 saturated carbocycles. The first kappa shape index (κ1) is 13.3. The van der Waals surface area contributed by atoms with Crippen molar-refractivity contribution in [3.63, 3.8) is 0 Å². The number of aryl methyl sites for hydroxylation is 4. The number of hydrogen-bond acceptors (Lipinski definition) is 2. The lowest BCUT2D eigenvalue weighted by molar-refractivity contribution is -0.136. The van der Waals surface area contributed by atoms with E-state index in [0.29, 0.717) is 5.69 Å².